The van der Waals surface area contributed by atoms with E-state index in [0.717, 1.165) is 0 Å². The largest absolute Gasteiger partial charge is 0.468 e. The van der Waals surface area contributed by atoms with Crippen molar-refractivity contribution in [3.8, 4) is 6.07 Å². The van der Waals surface area contributed by atoms with Gasteiger partial charge in [0.25, 0.3) is 5.69 Å². The normalized spacial score (nSPS) is 18.7. The van der Waals surface area contributed by atoms with Crippen LogP contribution in [0.4, 0.5) is 5.69 Å². The third-order valence-corrected chi connectivity index (χ3v) is 4.39. The summed E-state index contributed by atoms with van der Waals surface area (Å²) >= 11 is 0. The van der Waals surface area contributed by atoms with E-state index < -0.39 is 28.7 Å². The monoisotopic (exact) mass is 385 g/mol. The van der Waals surface area contributed by atoms with Gasteiger partial charge in [0, 0.05) is 29.5 Å². The van der Waals surface area contributed by atoms with Gasteiger partial charge in [0.15, 0.2) is 0 Å². The highest BCUT2D eigenvalue weighted by atomic mass is 16.6. The highest BCUT2D eigenvalue weighted by molar-refractivity contribution is 6.07. The van der Waals surface area contributed by atoms with E-state index in [1.54, 1.807) is 19.9 Å². The minimum absolute atomic E-state index is 0.0161. The Morgan fingerprint density at radius 2 is 2.07 bits per heavy atom. The van der Waals surface area contributed by atoms with Gasteiger partial charge in [-0.15, -0.1) is 0 Å². The fraction of sp³-hybridized carbons (Fsp3) is 0.368. The summed E-state index contributed by atoms with van der Waals surface area (Å²) in [7, 11) is 1.22. The van der Waals surface area contributed by atoms with Crippen LogP contribution in [0.25, 0.3) is 0 Å². The highest BCUT2D eigenvalue weighted by Crippen LogP contribution is 2.40. The number of methoxy groups -OCH3 is 1. The minimum atomic E-state index is -0.936. The van der Waals surface area contributed by atoms with Crippen molar-refractivity contribution in [1.82, 2.24) is 0 Å². The lowest BCUT2D eigenvalue weighted by atomic mass is 9.75. The molecule has 0 saturated heterocycles. The van der Waals surface area contributed by atoms with Gasteiger partial charge in [0.2, 0.25) is 0 Å². The Balaban J connectivity index is 2.61. The zero-order chi connectivity index (χ0) is 20.8. The second-order valence-electron chi connectivity index (χ2n) is 6.13. The average Bonchev–Trinajstić information content (AvgIpc) is 2.67. The first-order valence-electron chi connectivity index (χ1n) is 8.44. The topological polar surface area (TPSA) is 132 Å². The zero-order valence-corrected chi connectivity index (χ0v) is 15.7. The number of hydrogen-bond donors (Lipinski definition) is 0. The third kappa shape index (κ3) is 4.23. The molecule has 0 saturated carbocycles. The molecule has 0 N–H and O–H groups in total. The van der Waals surface area contributed by atoms with Crippen LogP contribution in [0, 0.1) is 27.4 Å². The molecule has 0 aromatic heterocycles. The summed E-state index contributed by atoms with van der Waals surface area (Å²) in [4.78, 5) is 40.1. The number of nitrogens with zero attached hydrogens (tertiary/aromatic N) is 3. The Morgan fingerprint density at radius 3 is 2.68 bits per heavy atom. The van der Waals surface area contributed by atoms with Crippen molar-refractivity contribution >= 4 is 23.3 Å². The van der Waals surface area contributed by atoms with Gasteiger partial charge in [-0.1, -0.05) is 12.1 Å². The van der Waals surface area contributed by atoms with Crippen LogP contribution < -0.4 is 0 Å². The molecule has 0 fully saturated rings. The lowest BCUT2D eigenvalue weighted by Crippen LogP contribution is -2.36. The molecule has 2 atom stereocenters. The van der Waals surface area contributed by atoms with E-state index in [1.165, 1.54) is 25.3 Å². The maximum absolute atomic E-state index is 12.7. The van der Waals surface area contributed by atoms with Crippen molar-refractivity contribution in [3.63, 3.8) is 0 Å². The molecule has 146 valence electrons. The number of nitriles is 1. The van der Waals surface area contributed by atoms with Crippen LogP contribution >= 0.6 is 0 Å². The summed E-state index contributed by atoms with van der Waals surface area (Å²) in [6.07, 6.45) is 0.0161. The first-order chi connectivity index (χ1) is 13.3. The number of hydrogen-bond acceptors (Lipinski definition) is 8. The van der Waals surface area contributed by atoms with Crippen molar-refractivity contribution in [2.45, 2.75) is 26.2 Å². The van der Waals surface area contributed by atoms with Crippen molar-refractivity contribution in [3.05, 3.63) is 51.2 Å². The molecule has 9 heteroatoms. The van der Waals surface area contributed by atoms with E-state index >= 15 is 0 Å². The smallest absolute Gasteiger partial charge is 0.336 e. The van der Waals surface area contributed by atoms with Crippen molar-refractivity contribution in [2.24, 2.45) is 10.9 Å². The molecule has 1 aromatic carbocycles. The fourth-order valence-corrected chi connectivity index (χ4v) is 3.19. The number of nitro benzene ring substituents is 1. The first kappa shape index (κ1) is 20.8. The molecule has 1 heterocycles. The van der Waals surface area contributed by atoms with Gasteiger partial charge in [0.1, 0.15) is 12.5 Å². The van der Waals surface area contributed by atoms with Crippen LogP contribution in [-0.4, -0.2) is 36.3 Å². The molecular formula is C19H19N3O6. The summed E-state index contributed by atoms with van der Waals surface area (Å²) in [6.45, 7) is 3.12. The maximum atomic E-state index is 12.7. The SMILES string of the molecule is COC(=O)C1C(C)=NC(C)=C(C(=O)OCCC#N)[C@@H]1c1cccc([N+](=O)[O-])c1. The Kier molecular flexibility index (Phi) is 6.60. The van der Waals surface area contributed by atoms with Crippen LogP contribution in [0.15, 0.2) is 40.5 Å². The number of allylic oxidation sites excluding steroid dienone is 1. The van der Waals surface area contributed by atoms with Gasteiger partial charge in [-0.25, -0.2) is 4.79 Å². The maximum Gasteiger partial charge on any atom is 0.336 e. The Hall–Kier alpha value is -3.54. The predicted molar refractivity (Wildman–Crippen MR) is 98.3 cm³/mol. The van der Waals surface area contributed by atoms with Gasteiger partial charge in [-0.3, -0.25) is 19.9 Å². The van der Waals surface area contributed by atoms with E-state index in [9.17, 15) is 19.7 Å². The number of esters is 2. The number of nitro groups is 1. The van der Waals surface area contributed by atoms with E-state index in [1.807, 2.05) is 6.07 Å². The molecule has 1 aliphatic heterocycles. The lowest BCUT2D eigenvalue weighted by molar-refractivity contribution is -0.384. The third-order valence-electron chi connectivity index (χ3n) is 4.39. The van der Waals surface area contributed by atoms with Crippen molar-refractivity contribution in [1.29, 1.82) is 5.26 Å². The van der Waals surface area contributed by atoms with Crippen LogP contribution in [0.5, 0.6) is 0 Å². The second-order valence-corrected chi connectivity index (χ2v) is 6.13. The number of carbonyl (C=O) groups excluding carboxylic acids is 2. The quantitative estimate of drug-likeness (QED) is 0.318. The molecule has 0 amide bonds. The van der Waals surface area contributed by atoms with Crippen LogP contribution in [0.3, 0.4) is 0 Å². The molecule has 2 rings (SSSR count). The van der Waals surface area contributed by atoms with Crippen LogP contribution in [0.1, 0.15) is 31.7 Å². The van der Waals surface area contributed by atoms with Crippen LogP contribution in [0.2, 0.25) is 0 Å². The first-order valence-corrected chi connectivity index (χ1v) is 8.44. The van der Waals surface area contributed by atoms with Gasteiger partial charge in [-0.05, 0) is 19.4 Å². The molecule has 1 aliphatic rings. The predicted octanol–water partition coefficient (Wildman–Crippen LogP) is 2.67. The van der Waals surface area contributed by atoms with E-state index in [2.05, 4.69) is 4.99 Å². The number of non-ortho nitro benzene ring substituents is 1. The Morgan fingerprint density at radius 1 is 1.36 bits per heavy atom. The minimum Gasteiger partial charge on any atom is -0.468 e. The Bertz CT molecular complexity index is 912. The van der Waals surface area contributed by atoms with E-state index in [4.69, 9.17) is 14.7 Å². The molecule has 1 unspecified atom stereocenters. The van der Waals surface area contributed by atoms with E-state index in [-0.39, 0.29) is 24.3 Å². The summed E-state index contributed by atoms with van der Waals surface area (Å²) < 4.78 is 10.0. The number of ether oxygens (including phenoxy) is 2. The van der Waals surface area contributed by atoms with Gasteiger partial charge < -0.3 is 9.47 Å². The molecule has 0 aliphatic carbocycles. The molecule has 1 aromatic rings. The summed E-state index contributed by atoms with van der Waals surface area (Å²) in [5.74, 6) is -3.14. The van der Waals surface area contributed by atoms with Gasteiger partial charge >= 0.3 is 11.9 Å². The van der Waals surface area contributed by atoms with E-state index in [0.29, 0.717) is 17.0 Å². The summed E-state index contributed by atoms with van der Waals surface area (Å²) in [5.41, 5.74) is 1.10. The average molecular weight is 385 g/mol. The zero-order valence-electron chi connectivity index (χ0n) is 15.7. The molecule has 28 heavy (non-hydrogen) atoms. The molecule has 9 nitrogen and oxygen atoms in total. The molecule has 0 radical (unpaired) electrons. The Labute approximate surface area is 161 Å². The van der Waals surface area contributed by atoms with Crippen molar-refractivity contribution < 1.29 is 24.0 Å². The standard InChI is InChI=1S/C19H19N3O6/c1-11-15(18(23)27-3)17(13-6-4-7-14(10-13)22(25)26)16(12(2)21-11)19(24)28-9-5-8-20/h4,6-7,10,15,17H,5,9H2,1-3H3/t15?,17-/m1/s1. The molecule has 0 bridgehead atoms. The molecule has 0 spiro atoms. The number of rotatable bonds is 6. The van der Waals surface area contributed by atoms with Gasteiger partial charge in [0.05, 0.1) is 30.1 Å². The van der Waals surface area contributed by atoms with Crippen molar-refractivity contribution in [2.75, 3.05) is 13.7 Å². The number of carbonyl (C=O) groups is 2. The molecular weight excluding hydrogens is 366 g/mol. The lowest BCUT2D eigenvalue weighted by Gasteiger charge is -2.31. The van der Waals surface area contributed by atoms with Crippen LogP contribution in [-0.2, 0) is 19.1 Å². The summed E-state index contributed by atoms with van der Waals surface area (Å²) in [6, 6.07) is 7.59. The number of aliphatic imine (C=N–C) groups is 1. The number of benzene rings is 1. The fourth-order valence-electron chi connectivity index (χ4n) is 3.19. The second kappa shape index (κ2) is 8.90. The van der Waals surface area contributed by atoms with Gasteiger partial charge in [-0.2, -0.15) is 5.26 Å². The summed E-state index contributed by atoms with van der Waals surface area (Å²) in [5, 5.41) is 19.8. The highest BCUT2D eigenvalue weighted by Gasteiger charge is 2.42.